The fourth-order valence-corrected chi connectivity index (χ4v) is 1.34. The lowest BCUT2D eigenvalue weighted by Crippen LogP contribution is -2.10. The molecule has 1 N–H and O–H groups in total. The first-order valence-electron chi connectivity index (χ1n) is 4.16. The van der Waals surface area contributed by atoms with E-state index in [4.69, 9.17) is 0 Å². The maximum atomic E-state index is 4.24. The van der Waals surface area contributed by atoms with Crippen LogP contribution in [0.4, 0.5) is 5.82 Å². The minimum Gasteiger partial charge on any atom is -0.361 e. The van der Waals surface area contributed by atoms with Gasteiger partial charge in [0.2, 0.25) is 0 Å². The van der Waals surface area contributed by atoms with Crippen LogP contribution in [0.15, 0.2) is 12.3 Å². The van der Waals surface area contributed by atoms with Gasteiger partial charge >= 0.3 is 0 Å². The van der Waals surface area contributed by atoms with Crippen molar-refractivity contribution >= 4 is 30.2 Å². The van der Waals surface area contributed by atoms with E-state index in [0.29, 0.717) is 0 Å². The van der Waals surface area contributed by atoms with Crippen LogP contribution < -0.4 is 10.4 Å². The van der Waals surface area contributed by atoms with Crippen molar-refractivity contribution in [2.45, 2.75) is 0 Å². The zero-order chi connectivity index (χ0) is 9.42. The summed E-state index contributed by atoms with van der Waals surface area (Å²) >= 11 is 0. The van der Waals surface area contributed by atoms with Gasteiger partial charge in [0, 0.05) is 20.3 Å². The molecule has 0 spiro atoms. The minimum absolute atomic E-state index is 0.842. The summed E-state index contributed by atoms with van der Waals surface area (Å²) in [4.78, 5) is 6.21. The second-order valence-electron chi connectivity index (χ2n) is 3.35. The van der Waals surface area contributed by atoms with Crippen LogP contribution in [-0.4, -0.2) is 37.1 Å². The third kappa shape index (κ3) is 1.26. The summed E-state index contributed by atoms with van der Waals surface area (Å²) in [5, 5.41) is 8.14. The second kappa shape index (κ2) is 2.76. The fraction of sp³-hybridized carbons (Fsp3) is 0.250. The lowest BCUT2D eigenvalue weighted by atomic mass is 9.98. The van der Waals surface area contributed by atoms with Crippen LogP contribution in [-0.2, 0) is 0 Å². The van der Waals surface area contributed by atoms with E-state index in [1.807, 2.05) is 33.0 Å². The van der Waals surface area contributed by atoms with Crippen molar-refractivity contribution in [2.24, 2.45) is 0 Å². The van der Waals surface area contributed by atoms with E-state index >= 15 is 0 Å². The standard InChI is InChI=1S/C8H11BN4/c1-13(2)8-6-3-5(9)4-10-7(6)11-12-8/h3-4H,9H2,1-2H3,(H,10,11,12). The second-order valence-corrected chi connectivity index (χ2v) is 3.35. The predicted molar refractivity (Wildman–Crippen MR) is 56.4 cm³/mol. The van der Waals surface area contributed by atoms with E-state index in [2.05, 4.69) is 21.2 Å². The number of hydrogen-bond acceptors (Lipinski definition) is 3. The molecule has 0 unspecified atom stereocenters. The Morgan fingerprint density at radius 2 is 2.23 bits per heavy atom. The highest BCUT2D eigenvalue weighted by Gasteiger charge is 2.07. The molecule has 4 nitrogen and oxygen atoms in total. The molecule has 2 rings (SSSR count). The van der Waals surface area contributed by atoms with Crippen molar-refractivity contribution in [1.29, 1.82) is 0 Å². The fourth-order valence-electron chi connectivity index (χ4n) is 1.34. The van der Waals surface area contributed by atoms with Crippen LogP contribution in [0.3, 0.4) is 0 Å². The average Bonchev–Trinajstić information content (AvgIpc) is 2.46. The number of nitrogens with zero attached hydrogens (tertiary/aromatic N) is 3. The Bertz CT molecular complexity index is 435. The molecular weight excluding hydrogens is 163 g/mol. The van der Waals surface area contributed by atoms with Crippen LogP contribution in [0, 0.1) is 0 Å². The molecule has 0 aromatic carbocycles. The zero-order valence-corrected chi connectivity index (χ0v) is 8.00. The van der Waals surface area contributed by atoms with E-state index in [1.165, 1.54) is 0 Å². The Morgan fingerprint density at radius 3 is 2.92 bits per heavy atom. The van der Waals surface area contributed by atoms with Crippen LogP contribution in [0.2, 0.25) is 0 Å². The smallest absolute Gasteiger partial charge is 0.159 e. The number of H-pyrrole nitrogens is 1. The van der Waals surface area contributed by atoms with Crippen LogP contribution in [0.25, 0.3) is 11.0 Å². The van der Waals surface area contributed by atoms with Gasteiger partial charge in [-0.05, 0) is 0 Å². The molecule has 0 saturated heterocycles. The van der Waals surface area contributed by atoms with E-state index in [9.17, 15) is 0 Å². The summed E-state index contributed by atoms with van der Waals surface area (Å²) in [5.41, 5.74) is 1.99. The van der Waals surface area contributed by atoms with Crippen molar-refractivity contribution in [3.05, 3.63) is 12.3 Å². The quantitative estimate of drug-likeness (QED) is 0.580. The number of rotatable bonds is 1. The third-order valence-corrected chi connectivity index (χ3v) is 1.96. The minimum atomic E-state index is 0.842. The molecule has 2 aromatic heterocycles. The van der Waals surface area contributed by atoms with Gasteiger partial charge in [-0.15, -0.1) is 0 Å². The van der Waals surface area contributed by atoms with E-state index in [-0.39, 0.29) is 0 Å². The zero-order valence-electron chi connectivity index (χ0n) is 8.00. The Kier molecular flexibility index (Phi) is 1.72. The van der Waals surface area contributed by atoms with E-state index in [0.717, 1.165) is 22.3 Å². The summed E-state index contributed by atoms with van der Waals surface area (Å²) in [6.45, 7) is 0. The molecule has 0 fully saturated rings. The van der Waals surface area contributed by atoms with Gasteiger partial charge in [-0.3, -0.25) is 5.10 Å². The molecule has 0 aliphatic heterocycles. The topological polar surface area (TPSA) is 44.8 Å². The molecule has 0 bridgehead atoms. The Labute approximate surface area is 77.4 Å². The molecular formula is C8H11BN4. The maximum absolute atomic E-state index is 4.24. The highest BCUT2D eigenvalue weighted by atomic mass is 15.3. The molecule has 0 aliphatic rings. The number of hydrogen-bond donors (Lipinski definition) is 1. The maximum Gasteiger partial charge on any atom is 0.159 e. The molecule has 2 aromatic rings. The van der Waals surface area contributed by atoms with Crippen molar-refractivity contribution in [1.82, 2.24) is 15.2 Å². The molecule has 13 heavy (non-hydrogen) atoms. The Balaban J connectivity index is 2.71. The highest BCUT2D eigenvalue weighted by Crippen LogP contribution is 2.18. The summed E-state index contributed by atoms with van der Waals surface area (Å²) in [5.74, 6) is 0.936. The van der Waals surface area contributed by atoms with Gasteiger partial charge in [0.25, 0.3) is 0 Å². The molecule has 66 valence electrons. The van der Waals surface area contributed by atoms with Gasteiger partial charge < -0.3 is 4.90 Å². The average molecular weight is 174 g/mol. The number of aromatic nitrogens is 3. The molecule has 0 saturated carbocycles. The van der Waals surface area contributed by atoms with Gasteiger partial charge in [0.05, 0.1) is 5.39 Å². The first-order valence-corrected chi connectivity index (χ1v) is 4.16. The van der Waals surface area contributed by atoms with Crippen molar-refractivity contribution < 1.29 is 0 Å². The normalized spacial score (nSPS) is 10.6. The molecule has 5 heteroatoms. The van der Waals surface area contributed by atoms with Crippen molar-refractivity contribution in [2.75, 3.05) is 19.0 Å². The number of aromatic amines is 1. The van der Waals surface area contributed by atoms with Crippen LogP contribution >= 0.6 is 0 Å². The predicted octanol–water partition coefficient (Wildman–Crippen LogP) is -0.718. The SMILES string of the molecule is Bc1cnc2[nH]nc(N(C)C)c2c1. The van der Waals surface area contributed by atoms with Gasteiger partial charge in [0.15, 0.2) is 11.5 Å². The summed E-state index contributed by atoms with van der Waals surface area (Å²) < 4.78 is 0. The van der Waals surface area contributed by atoms with E-state index < -0.39 is 0 Å². The largest absolute Gasteiger partial charge is 0.361 e. The van der Waals surface area contributed by atoms with Gasteiger partial charge in [-0.1, -0.05) is 11.5 Å². The lowest BCUT2D eigenvalue weighted by molar-refractivity contribution is 1.02. The molecule has 0 radical (unpaired) electrons. The van der Waals surface area contributed by atoms with Crippen LogP contribution in [0.1, 0.15) is 0 Å². The first kappa shape index (κ1) is 8.10. The van der Waals surface area contributed by atoms with Crippen molar-refractivity contribution in [3.63, 3.8) is 0 Å². The van der Waals surface area contributed by atoms with Crippen molar-refractivity contribution in [3.8, 4) is 0 Å². The number of nitrogens with one attached hydrogen (secondary N) is 1. The van der Waals surface area contributed by atoms with Gasteiger partial charge in [-0.25, -0.2) is 4.98 Å². The molecule has 0 atom stereocenters. The number of anilines is 1. The van der Waals surface area contributed by atoms with E-state index in [1.54, 1.807) is 0 Å². The summed E-state index contributed by atoms with van der Waals surface area (Å²) in [6.07, 6.45) is 1.83. The molecule has 0 aliphatic carbocycles. The van der Waals surface area contributed by atoms with Gasteiger partial charge in [0.1, 0.15) is 7.85 Å². The lowest BCUT2D eigenvalue weighted by Gasteiger charge is -2.07. The first-order chi connectivity index (χ1) is 6.18. The molecule has 0 amide bonds. The summed E-state index contributed by atoms with van der Waals surface area (Å²) in [6, 6.07) is 2.08. The number of pyridine rings is 1. The van der Waals surface area contributed by atoms with Crippen LogP contribution in [0.5, 0.6) is 0 Å². The van der Waals surface area contributed by atoms with Gasteiger partial charge in [-0.2, -0.15) is 5.10 Å². The highest BCUT2D eigenvalue weighted by molar-refractivity contribution is 6.33. The summed E-state index contributed by atoms with van der Waals surface area (Å²) in [7, 11) is 5.97. The molecule has 2 heterocycles. The number of fused-ring (bicyclic) bond motifs is 1. The Hall–Kier alpha value is -1.52. The monoisotopic (exact) mass is 174 g/mol. The Morgan fingerprint density at radius 1 is 1.46 bits per heavy atom. The third-order valence-electron chi connectivity index (χ3n) is 1.96.